The molecule has 1 rings (SSSR count). The van der Waals surface area contributed by atoms with E-state index in [0.717, 1.165) is 13.1 Å². The fourth-order valence-corrected chi connectivity index (χ4v) is 2.51. The van der Waals surface area contributed by atoms with Crippen LogP contribution < -0.4 is 5.73 Å². The quantitative estimate of drug-likeness (QED) is 0.765. The standard InChI is InChI=1S/C15H24N2S/c1-4-6-10-17(5-2)14(15(16)18)13-9-7-8-12(3)11-13/h7-9,11,14H,4-6,10H2,1-3H3,(H2,16,18). The van der Waals surface area contributed by atoms with Crippen LogP contribution in [0, 0.1) is 6.92 Å². The lowest BCUT2D eigenvalue weighted by molar-refractivity contribution is 0.253. The normalized spacial score (nSPS) is 12.7. The molecule has 0 aliphatic carbocycles. The van der Waals surface area contributed by atoms with Gasteiger partial charge < -0.3 is 5.73 Å². The summed E-state index contributed by atoms with van der Waals surface area (Å²) >= 11 is 5.27. The molecule has 100 valence electrons. The zero-order valence-electron chi connectivity index (χ0n) is 11.6. The molecule has 0 saturated carbocycles. The van der Waals surface area contributed by atoms with E-state index in [1.165, 1.54) is 24.0 Å². The molecule has 1 aromatic rings. The molecule has 0 amide bonds. The van der Waals surface area contributed by atoms with Crippen molar-refractivity contribution in [1.29, 1.82) is 0 Å². The molecule has 0 spiro atoms. The molecule has 0 radical (unpaired) electrons. The minimum Gasteiger partial charge on any atom is -0.392 e. The van der Waals surface area contributed by atoms with Crippen molar-refractivity contribution in [3.63, 3.8) is 0 Å². The molecule has 0 saturated heterocycles. The summed E-state index contributed by atoms with van der Waals surface area (Å²) in [6.07, 6.45) is 2.37. The van der Waals surface area contributed by atoms with Gasteiger partial charge in [0.25, 0.3) is 0 Å². The zero-order chi connectivity index (χ0) is 13.5. The molecule has 2 nitrogen and oxygen atoms in total. The number of hydrogen-bond acceptors (Lipinski definition) is 2. The van der Waals surface area contributed by atoms with Gasteiger partial charge in [0.15, 0.2) is 0 Å². The van der Waals surface area contributed by atoms with Crippen molar-refractivity contribution in [2.24, 2.45) is 5.73 Å². The minimum absolute atomic E-state index is 0.0662. The Labute approximate surface area is 116 Å². The second-order valence-electron chi connectivity index (χ2n) is 4.70. The highest BCUT2D eigenvalue weighted by Gasteiger charge is 2.21. The van der Waals surface area contributed by atoms with E-state index >= 15 is 0 Å². The summed E-state index contributed by atoms with van der Waals surface area (Å²) in [5, 5.41) is 0. The number of thiocarbonyl (C=S) groups is 1. The average Bonchev–Trinajstić information content (AvgIpc) is 2.33. The smallest absolute Gasteiger partial charge is 0.0948 e. The van der Waals surface area contributed by atoms with Gasteiger partial charge in [-0.05, 0) is 32.0 Å². The Balaban J connectivity index is 2.97. The molecule has 18 heavy (non-hydrogen) atoms. The Kier molecular flexibility index (Phi) is 6.30. The summed E-state index contributed by atoms with van der Waals surface area (Å²) in [6.45, 7) is 8.48. The maximum atomic E-state index is 5.96. The first-order valence-corrected chi connectivity index (χ1v) is 7.10. The summed E-state index contributed by atoms with van der Waals surface area (Å²) in [5.41, 5.74) is 8.42. The van der Waals surface area contributed by atoms with Crippen molar-refractivity contribution in [2.45, 2.75) is 39.7 Å². The van der Waals surface area contributed by atoms with E-state index in [0.29, 0.717) is 4.99 Å². The Morgan fingerprint density at radius 1 is 1.39 bits per heavy atom. The van der Waals surface area contributed by atoms with E-state index in [-0.39, 0.29) is 6.04 Å². The third kappa shape index (κ3) is 4.07. The molecule has 0 bridgehead atoms. The Hall–Kier alpha value is -0.930. The summed E-state index contributed by atoms with van der Waals surface area (Å²) < 4.78 is 0. The average molecular weight is 264 g/mol. The van der Waals surface area contributed by atoms with Crippen LogP contribution in [0.4, 0.5) is 0 Å². The van der Waals surface area contributed by atoms with Crippen LogP contribution in [-0.4, -0.2) is 23.0 Å². The van der Waals surface area contributed by atoms with Gasteiger partial charge in [-0.25, -0.2) is 0 Å². The van der Waals surface area contributed by atoms with Crippen LogP contribution in [0.25, 0.3) is 0 Å². The van der Waals surface area contributed by atoms with Crippen LogP contribution >= 0.6 is 12.2 Å². The van der Waals surface area contributed by atoms with Crippen LogP contribution in [0.15, 0.2) is 24.3 Å². The highest BCUT2D eigenvalue weighted by Crippen LogP contribution is 2.22. The van der Waals surface area contributed by atoms with Gasteiger partial charge in [0.05, 0.1) is 11.0 Å². The van der Waals surface area contributed by atoms with Crippen molar-refractivity contribution < 1.29 is 0 Å². The van der Waals surface area contributed by atoms with Crippen molar-refractivity contribution in [3.8, 4) is 0 Å². The first-order chi connectivity index (χ1) is 8.60. The number of unbranched alkanes of at least 4 members (excludes halogenated alkanes) is 1. The zero-order valence-corrected chi connectivity index (χ0v) is 12.5. The second kappa shape index (κ2) is 7.49. The number of nitrogens with two attached hydrogens (primary N) is 1. The third-order valence-corrected chi connectivity index (χ3v) is 3.42. The van der Waals surface area contributed by atoms with Gasteiger partial charge in [-0.3, -0.25) is 4.90 Å². The molecule has 0 heterocycles. The van der Waals surface area contributed by atoms with E-state index in [4.69, 9.17) is 18.0 Å². The number of rotatable bonds is 7. The van der Waals surface area contributed by atoms with Gasteiger partial charge in [0, 0.05) is 0 Å². The Bertz CT molecular complexity index is 390. The van der Waals surface area contributed by atoms with E-state index in [2.05, 4.69) is 49.9 Å². The van der Waals surface area contributed by atoms with Crippen LogP contribution in [-0.2, 0) is 0 Å². The molecule has 3 heteroatoms. The fourth-order valence-electron chi connectivity index (χ4n) is 2.23. The van der Waals surface area contributed by atoms with Crippen LogP contribution in [0.2, 0.25) is 0 Å². The molecular formula is C15H24N2S. The van der Waals surface area contributed by atoms with E-state index in [9.17, 15) is 0 Å². The number of nitrogens with zero attached hydrogens (tertiary/aromatic N) is 1. The van der Waals surface area contributed by atoms with E-state index < -0.39 is 0 Å². The van der Waals surface area contributed by atoms with Gasteiger partial charge in [-0.1, -0.05) is 62.3 Å². The summed E-state index contributed by atoms with van der Waals surface area (Å²) in [7, 11) is 0. The topological polar surface area (TPSA) is 29.3 Å². The molecule has 2 N–H and O–H groups in total. The van der Waals surface area contributed by atoms with Crippen molar-refractivity contribution >= 4 is 17.2 Å². The first kappa shape index (κ1) is 15.1. The van der Waals surface area contributed by atoms with Crippen LogP contribution in [0.1, 0.15) is 43.9 Å². The van der Waals surface area contributed by atoms with Gasteiger partial charge in [-0.2, -0.15) is 0 Å². The van der Waals surface area contributed by atoms with Crippen molar-refractivity contribution in [3.05, 3.63) is 35.4 Å². The van der Waals surface area contributed by atoms with Gasteiger partial charge >= 0.3 is 0 Å². The monoisotopic (exact) mass is 264 g/mol. The van der Waals surface area contributed by atoms with Crippen LogP contribution in [0.5, 0.6) is 0 Å². The molecule has 1 unspecified atom stereocenters. The van der Waals surface area contributed by atoms with Gasteiger partial charge in [-0.15, -0.1) is 0 Å². The Morgan fingerprint density at radius 3 is 2.61 bits per heavy atom. The van der Waals surface area contributed by atoms with E-state index in [1.807, 2.05) is 0 Å². The van der Waals surface area contributed by atoms with Crippen LogP contribution in [0.3, 0.4) is 0 Å². The lowest BCUT2D eigenvalue weighted by Crippen LogP contribution is -2.37. The largest absolute Gasteiger partial charge is 0.392 e. The molecule has 0 aromatic heterocycles. The first-order valence-electron chi connectivity index (χ1n) is 6.70. The highest BCUT2D eigenvalue weighted by molar-refractivity contribution is 7.80. The lowest BCUT2D eigenvalue weighted by Gasteiger charge is -2.30. The predicted molar refractivity (Wildman–Crippen MR) is 82.9 cm³/mol. The number of likely N-dealkylation sites (N-methyl/N-ethyl adjacent to an activating group) is 1. The number of hydrogen-bond donors (Lipinski definition) is 1. The van der Waals surface area contributed by atoms with Crippen molar-refractivity contribution in [2.75, 3.05) is 13.1 Å². The van der Waals surface area contributed by atoms with Gasteiger partial charge in [0.1, 0.15) is 0 Å². The van der Waals surface area contributed by atoms with Gasteiger partial charge in [0.2, 0.25) is 0 Å². The Morgan fingerprint density at radius 2 is 2.11 bits per heavy atom. The summed E-state index contributed by atoms with van der Waals surface area (Å²) in [6, 6.07) is 8.53. The fraction of sp³-hybridized carbons (Fsp3) is 0.533. The molecule has 1 aromatic carbocycles. The number of benzene rings is 1. The maximum absolute atomic E-state index is 5.96. The maximum Gasteiger partial charge on any atom is 0.0948 e. The SMILES string of the molecule is CCCCN(CC)C(C(N)=S)c1cccc(C)c1. The summed E-state index contributed by atoms with van der Waals surface area (Å²) in [5.74, 6) is 0. The molecule has 0 fully saturated rings. The van der Waals surface area contributed by atoms with Crippen molar-refractivity contribution in [1.82, 2.24) is 4.90 Å². The van der Waals surface area contributed by atoms with E-state index in [1.54, 1.807) is 0 Å². The number of aryl methyl sites for hydroxylation is 1. The molecule has 1 atom stereocenters. The molecular weight excluding hydrogens is 240 g/mol. The molecule has 0 aliphatic heterocycles. The predicted octanol–water partition coefficient (Wildman–Crippen LogP) is 3.44. The molecule has 0 aliphatic rings. The lowest BCUT2D eigenvalue weighted by atomic mass is 10.0. The summed E-state index contributed by atoms with van der Waals surface area (Å²) in [4.78, 5) is 2.93. The third-order valence-electron chi connectivity index (χ3n) is 3.20. The second-order valence-corrected chi connectivity index (χ2v) is 5.17. The highest BCUT2D eigenvalue weighted by atomic mass is 32.1. The minimum atomic E-state index is 0.0662.